The van der Waals surface area contributed by atoms with E-state index in [0.717, 1.165) is 40.8 Å². The summed E-state index contributed by atoms with van der Waals surface area (Å²) in [7, 11) is 0. The van der Waals surface area contributed by atoms with E-state index in [-0.39, 0.29) is 5.91 Å². The van der Waals surface area contributed by atoms with E-state index >= 15 is 0 Å². The molecule has 112 valence electrons. The first-order valence-electron chi connectivity index (χ1n) is 7.35. The highest BCUT2D eigenvalue weighted by molar-refractivity contribution is 7.22. The number of hydrogen-bond donors (Lipinski definition) is 1. The Balaban J connectivity index is 1.61. The number of fused-ring (bicyclic) bond motifs is 2. The highest BCUT2D eigenvalue weighted by Crippen LogP contribution is 2.29. The Morgan fingerprint density at radius 2 is 2.27 bits per heavy atom. The normalized spacial score (nSPS) is 17.4. The van der Waals surface area contributed by atoms with E-state index in [4.69, 9.17) is 4.52 Å². The van der Waals surface area contributed by atoms with E-state index in [9.17, 15) is 4.79 Å². The standard InChI is InChI=1S/C16H15N3O2S/c1-9-6-7-12-10(8-9)14(19-21-12)15(20)18-16-17-11-4-2-3-5-13(11)22-16/h2-5,9H,6-8H2,1H3,(H,17,18,20)/t9-/m0/s1. The van der Waals surface area contributed by atoms with Crippen LogP contribution in [0.25, 0.3) is 10.2 Å². The molecular weight excluding hydrogens is 298 g/mol. The molecule has 0 saturated carbocycles. The van der Waals surface area contributed by atoms with Crippen molar-refractivity contribution in [2.24, 2.45) is 5.92 Å². The third kappa shape index (κ3) is 2.29. The summed E-state index contributed by atoms with van der Waals surface area (Å²) in [5, 5.41) is 7.41. The lowest BCUT2D eigenvalue weighted by atomic mass is 9.88. The number of rotatable bonds is 2. The molecule has 6 heteroatoms. The van der Waals surface area contributed by atoms with Gasteiger partial charge in [-0.2, -0.15) is 0 Å². The molecule has 0 fully saturated rings. The third-order valence-electron chi connectivity index (χ3n) is 4.02. The largest absolute Gasteiger partial charge is 0.360 e. The van der Waals surface area contributed by atoms with E-state index in [2.05, 4.69) is 22.4 Å². The first kappa shape index (κ1) is 13.5. The predicted octanol–water partition coefficient (Wildman–Crippen LogP) is 3.66. The van der Waals surface area contributed by atoms with E-state index in [1.165, 1.54) is 11.3 Å². The van der Waals surface area contributed by atoms with Gasteiger partial charge in [0.05, 0.1) is 10.2 Å². The van der Waals surface area contributed by atoms with Crippen LogP contribution in [-0.4, -0.2) is 16.0 Å². The Labute approximate surface area is 131 Å². The monoisotopic (exact) mass is 313 g/mol. The van der Waals surface area contributed by atoms with E-state index in [0.29, 0.717) is 16.7 Å². The van der Waals surface area contributed by atoms with E-state index < -0.39 is 0 Å². The second-order valence-electron chi connectivity index (χ2n) is 5.72. The SMILES string of the molecule is C[C@H]1CCc2onc(C(=O)Nc3nc4ccccc4s3)c2C1. The predicted molar refractivity (Wildman–Crippen MR) is 85.3 cm³/mol. The molecule has 1 aliphatic rings. The molecule has 2 aromatic heterocycles. The highest BCUT2D eigenvalue weighted by atomic mass is 32.1. The first-order chi connectivity index (χ1) is 10.7. The van der Waals surface area contributed by atoms with Crippen LogP contribution >= 0.6 is 11.3 Å². The fourth-order valence-electron chi connectivity index (χ4n) is 2.84. The van der Waals surface area contributed by atoms with Crippen LogP contribution in [0.5, 0.6) is 0 Å². The lowest BCUT2D eigenvalue weighted by molar-refractivity contribution is 0.101. The molecule has 1 N–H and O–H groups in total. The number of nitrogens with one attached hydrogen (secondary N) is 1. The van der Waals surface area contributed by atoms with Crippen molar-refractivity contribution in [1.82, 2.24) is 10.1 Å². The van der Waals surface area contributed by atoms with Crippen LogP contribution in [0.2, 0.25) is 0 Å². The van der Waals surface area contributed by atoms with Gasteiger partial charge in [-0.3, -0.25) is 10.1 Å². The molecule has 4 rings (SSSR count). The van der Waals surface area contributed by atoms with Crippen LogP contribution in [0.3, 0.4) is 0 Å². The van der Waals surface area contributed by atoms with Crippen molar-refractivity contribution in [3.63, 3.8) is 0 Å². The van der Waals surface area contributed by atoms with Crippen molar-refractivity contribution in [1.29, 1.82) is 0 Å². The summed E-state index contributed by atoms with van der Waals surface area (Å²) in [6.45, 7) is 2.19. The van der Waals surface area contributed by atoms with Gasteiger partial charge in [0.15, 0.2) is 10.8 Å². The average Bonchev–Trinajstić information content (AvgIpc) is 3.09. The Bertz CT molecular complexity index is 819. The Hall–Kier alpha value is -2.21. The highest BCUT2D eigenvalue weighted by Gasteiger charge is 2.27. The molecule has 2 heterocycles. The van der Waals surface area contributed by atoms with Crippen molar-refractivity contribution in [3.05, 3.63) is 41.3 Å². The van der Waals surface area contributed by atoms with Crippen LogP contribution in [-0.2, 0) is 12.8 Å². The molecule has 0 saturated heterocycles. The number of nitrogens with zero attached hydrogens (tertiary/aromatic N) is 2. The van der Waals surface area contributed by atoms with Crippen molar-refractivity contribution in [2.45, 2.75) is 26.2 Å². The minimum atomic E-state index is -0.238. The van der Waals surface area contributed by atoms with E-state index in [1.54, 1.807) is 0 Å². The Morgan fingerprint density at radius 1 is 1.41 bits per heavy atom. The topological polar surface area (TPSA) is 68.0 Å². The number of hydrogen-bond acceptors (Lipinski definition) is 5. The van der Waals surface area contributed by atoms with E-state index in [1.807, 2.05) is 24.3 Å². The lowest BCUT2D eigenvalue weighted by Gasteiger charge is -2.16. The molecular formula is C16H15N3O2S. The number of thiazole rings is 1. The van der Waals surface area contributed by atoms with Crippen LogP contribution < -0.4 is 5.32 Å². The molecule has 1 atom stereocenters. The fourth-order valence-corrected chi connectivity index (χ4v) is 3.70. The van der Waals surface area contributed by atoms with Gasteiger partial charge in [-0.1, -0.05) is 35.5 Å². The molecule has 5 nitrogen and oxygen atoms in total. The molecule has 1 amide bonds. The minimum Gasteiger partial charge on any atom is -0.360 e. The maximum atomic E-state index is 12.5. The second kappa shape index (κ2) is 5.21. The molecule has 3 aromatic rings. The number of anilines is 1. The molecule has 0 bridgehead atoms. The number of benzene rings is 1. The number of carbonyl (C=O) groups is 1. The van der Waals surface area contributed by atoms with Crippen molar-refractivity contribution < 1.29 is 9.32 Å². The third-order valence-corrected chi connectivity index (χ3v) is 4.97. The van der Waals surface area contributed by atoms with Gasteiger partial charge in [0, 0.05) is 12.0 Å². The molecule has 0 spiro atoms. The number of para-hydroxylation sites is 1. The van der Waals surface area contributed by atoms with Crippen LogP contribution in [0.4, 0.5) is 5.13 Å². The summed E-state index contributed by atoms with van der Waals surface area (Å²) in [5.74, 6) is 1.17. The summed E-state index contributed by atoms with van der Waals surface area (Å²) < 4.78 is 6.37. The minimum absolute atomic E-state index is 0.238. The van der Waals surface area contributed by atoms with Crippen molar-refractivity contribution in [2.75, 3.05) is 5.32 Å². The molecule has 22 heavy (non-hydrogen) atoms. The smallest absolute Gasteiger partial charge is 0.279 e. The Morgan fingerprint density at radius 3 is 3.14 bits per heavy atom. The first-order valence-corrected chi connectivity index (χ1v) is 8.16. The molecule has 0 unspecified atom stereocenters. The van der Waals surface area contributed by atoms with Crippen LogP contribution in [0, 0.1) is 5.92 Å². The maximum Gasteiger partial charge on any atom is 0.279 e. The second-order valence-corrected chi connectivity index (χ2v) is 6.75. The van der Waals surface area contributed by atoms with Gasteiger partial charge in [0.2, 0.25) is 0 Å². The molecule has 1 aromatic carbocycles. The summed E-state index contributed by atoms with van der Waals surface area (Å²) >= 11 is 1.46. The van der Waals surface area contributed by atoms with Gasteiger partial charge in [0.1, 0.15) is 5.76 Å². The average molecular weight is 313 g/mol. The number of amides is 1. The van der Waals surface area contributed by atoms with Gasteiger partial charge in [-0.05, 0) is 30.9 Å². The number of aryl methyl sites for hydroxylation is 1. The molecule has 1 aliphatic carbocycles. The Kier molecular flexibility index (Phi) is 3.18. The summed E-state index contributed by atoms with van der Waals surface area (Å²) in [6.07, 6.45) is 2.79. The maximum absolute atomic E-state index is 12.5. The van der Waals surface area contributed by atoms with Gasteiger partial charge < -0.3 is 4.52 Å². The number of carbonyl (C=O) groups excluding carboxylic acids is 1. The van der Waals surface area contributed by atoms with Gasteiger partial charge in [-0.25, -0.2) is 4.98 Å². The fraction of sp³-hybridized carbons (Fsp3) is 0.312. The van der Waals surface area contributed by atoms with Gasteiger partial charge in [-0.15, -0.1) is 0 Å². The zero-order chi connectivity index (χ0) is 15.1. The molecule has 0 radical (unpaired) electrons. The summed E-state index contributed by atoms with van der Waals surface area (Å²) in [4.78, 5) is 16.9. The van der Waals surface area contributed by atoms with Gasteiger partial charge in [0.25, 0.3) is 5.91 Å². The quantitative estimate of drug-likeness (QED) is 0.784. The van der Waals surface area contributed by atoms with Crippen molar-refractivity contribution in [3.8, 4) is 0 Å². The van der Waals surface area contributed by atoms with Crippen molar-refractivity contribution >= 4 is 32.6 Å². The number of aromatic nitrogens is 2. The lowest BCUT2D eigenvalue weighted by Crippen LogP contribution is -2.17. The zero-order valence-corrected chi connectivity index (χ0v) is 12.9. The van der Waals surface area contributed by atoms with Gasteiger partial charge >= 0.3 is 0 Å². The zero-order valence-electron chi connectivity index (χ0n) is 12.1. The van der Waals surface area contributed by atoms with Crippen LogP contribution in [0.1, 0.15) is 35.2 Å². The van der Waals surface area contributed by atoms with Crippen LogP contribution in [0.15, 0.2) is 28.8 Å². The summed E-state index contributed by atoms with van der Waals surface area (Å²) in [6, 6.07) is 7.81. The summed E-state index contributed by atoms with van der Waals surface area (Å²) in [5.41, 5.74) is 2.25. The molecule has 0 aliphatic heterocycles.